The fourth-order valence-electron chi connectivity index (χ4n) is 2.25. The molecular formula is C12H13N5O2. The summed E-state index contributed by atoms with van der Waals surface area (Å²) in [4.78, 5) is 21.1. The van der Waals surface area contributed by atoms with E-state index in [1.165, 1.54) is 12.1 Å². The fourth-order valence-corrected chi connectivity index (χ4v) is 2.25. The lowest BCUT2D eigenvalue weighted by molar-refractivity contribution is -0.384. The summed E-state index contributed by atoms with van der Waals surface area (Å²) in [5.41, 5.74) is 7.07. The van der Waals surface area contributed by atoms with Crippen molar-refractivity contribution in [1.82, 2.24) is 9.97 Å². The van der Waals surface area contributed by atoms with Crippen molar-refractivity contribution in [2.75, 3.05) is 18.0 Å². The van der Waals surface area contributed by atoms with Crippen molar-refractivity contribution in [2.45, 2.75) is 12.5 Å². The van der Waals surface area contributed by atoms with E-state index in [4.69, 9.17) is 5.73 Å². The molecule has 1 aromatic carbocycles. The minimum atomic E-state index is -0.436. The van der Waals surface area contributed by atoms with E-state index in [9.17, 15) is 10.1 Å². The van der Waals surface area contributed by atoms with Gasteiger partial charge >= 0.3 is 0 Å². The van der Waals surface area contributed by atoms with E-state index in [1.807, 2.05) is 0 Å². The second-order valence-electron chi connectivity index (χ2n) is 4.65. The van der Waals surface area contributed by atoms with E-state index in [0.717, 1.165) is 25.3 Å². The van der Waals surface area contributed by atoms with Gasteiger partial charge < -0.3 is 10.6 Å². The van der Waals surface area contributed by atoms with Crippen molar-refractivity contribution >= 4 is 22.5 Å². The van der Waals surface area contributed by atoms with Gasteiger partial charge in [0.05, 0.1) is 22.2 Å². The number of rotatable bonds is 2. The number of non-ortho nitro benzene ring substituents is 1. The Morgan fingerprint density at radius 2 is 2.26 bits per heavy atom. The SMILES string of the molecule is N[C@@H]1CCN(c2cnc3cc([N+](=O)[O-])ccc3n2)C1. The number of nitrogens with two attached hydrogens (primary N) is 1. The van der Waals surface area contributed by atoms with Gasteiger partial charge in [0.2, 0.25) is 0 Å². The maximum Gasteiger partial charge on any atom is 0.271 e. The van der Waals surface area contributed by atoms with E-state index in [0.29, 0.717) is 11.0 Å². The zero-order chi connectivity index (χ0) is 13.4. The third kappa shape index (κ3) is 2.19. The molecule has 1 aromatic heterocycles. The highest BCUT2D eigenvalue weighted by Crippen LogP contribution is 2.22. The number of hydrogen-bond donors (Lipinski definition) is 1. The van der Waals surface area contributed by atoms with Crippen LogP contribution in [-0.4, -0.2) is 34.0 Å². The van der Waals surface area contributed by atoms with Crippen LogP contribution in [0.5, 0.6) is 0 Å². The maximum absolute atomic E-state index is 10.7. The summed E-state index contributed by atoms with van der Waals surface area (Å²) in [6.45, 7) is 1.64. The van der Waals surface area contributed by atoms with Crippen molar-refractivity contribution in [3.63, 3.8) is 0 Å². The number of hydrogen-bond acceptors (Lipinski definition) is 6. The number of benzene rings is 1. The van der Waals surface area contributed by atoms with Gasteiger partial charge in [0, 0.05) is 31.3 Å². The summed E-state index contributed by atoms with van der Waals surface area (Å²) in [6.07, 6.45) is 2.59. The van der Waals surface area contributed by atoms with Crippen molar-refractivity contribution in [1.29, 1.82) is 0 Å². The standard InChI is InChI=1S/C12H13N5O2/c13-8-3-4-16(7-8)12-6-14-11-5-9(17(18)19)1-2-10(11)15-12/h1-2,5-6,8H,3-4,7,13H2/t8-/m1/s1. The number of nitro groups is 1. The predicted molar refractivity (Wildman–Crippen MR) is 71.0 cm³/mol. The van der Waals surface area contributed by atoms with Crippen LogP contribution in [0.2, 0.25) is 0 Å². The highest BCUT2D eigenvalue weighted by atomic mass is 16.6. The quantitative estimate of drug-likeness (QED) is 0.640. The Balaban J connectivity index is 1.97. The lowest BCUT2D eigenvalue weighted by atomic mass is 10.2. The van der Waals surface area contributed by atoms with E-state index in [1.54, 1.807) is 12.3 Å². The molecule has 7 nitrogen and oxygen atoms in total. The molecule has 0 saturated carbocycles. The van der Waals surface area contributed by atoms with Crippen molar-refractivity contribution in [2.24, 2.45) is 5.73 Å². The zero-order valence-electron chi connectivity index (χ0n) is 10.2. The Hall–Kier alpha value is -2.28. The zero-order valence-corrected chi connectivity index (χ0v) is 10.2. The van der Waals surface area contributed by atoms with Gasteiger partial charge in [0.15, 0.2) is 0 Å². The molecule has 2 aromatic rings. The van der Waals surface area contributed by atoms with E-state index in [-0.39, 0.29) is 11.7 Å². The normalized spacial score (nSPS) is 19.0. The molecule has 0 radical (unpaired) electrons. The summed E-state index contributed by atoms with van der Waals surface area (Å²) in [6, 6.07) is 4.67. The van der Waals surface area contributed by atoms with Gasteiger partial charge in [-0.1, -0.05) is 0 Å². The molecule has 98 valence electrons. The molecule has 0 amide bonds. The maximum atomic E-state index is 10.7. The molecule has 0 aliphatic carbocycles. The van der Waals surface area contributed by atoms with Gasteiger partial charge in [-0.05, 0) is 12.5 Å². The van der Waals surface area contributed by atoms with Gasteiger partial charge in [-0.3, -0.25) is 15.1 Å². The average Bonchev–Trinajstić information content (AvgIpc) is 2.84. The van der Waals surface area contributed by atoms with Gasteiger partial charge in [0.25, 0.3) is 5.69 Å². The number of anilines is 1. The first kappa shape index (κ1) is 11.8. The number of nitro benzene ring substituents is 1. The number of aromatic nitrogens is 2. The Bertz CT molecular complexity index is 645. The monoisotopic (exact) mass is 259 g/mol. The summed E-state index contributed by atoms with van der Waals surface area (Å²) >= 11 is 0. The average molecular weight is 259 g/mol. The molecule has 2 heterocycles. The number of nitrogens with zero attached hydrogens (tertiary/aromatic N) is 4. The predicted octanol–water partition coefficient (Wildman–Crippen LogP) is 1.08. The second kappa shape index (κ2) is 4.43. The van der Waals surface area contributed by atoms with Crippen LogP contribution in [0.15, 0.2) is 24.4 Å². The van der Waals surface area contributed by atoms with Gasteiger partial charge in [-0.15, -0.1) is 0 Å². The molecule has 19 heavy (non-hydrogen) atoms. The first-order valence-electron chi connectivity index (χ1n) is 6.05. The van der Waals surface area contributed by atoms with E-state index >= 15 is 0 Å². The Kier molecular flexibility index (Phi) is 2.75. The van der Waals surface area contributed by atoms with Crippen LogP contribution in [0, 0.1) is 10.1 Å². The molecule has 7 heteroatoms. The molecule has 1 atom stereocenters. The lowest BCUT2D eigenvalue weighted by Crippen LogP contribution is -2.26. The molecule has 1 aliphatic heterocycles. The largest absolute Gasteiger partial charge is 0.354 e. The Morgan fingerprint density at radius 1 is 1.42 bits per heavy atom. The van der Waals surface area contributed by atoms with Gasteiger partial charge in [-0.2, -0.15) is 0 Å². The van der Waals surface area contributed by atoms with Gasteiger partial charge in [-0.25, -0.2) is 4.98 Å². The van der Waals surface area contributed by atoms with Crippen molar-refractivity contribution in [3.8, 4) is 0 Å². The van der Waals surface area contributed by atoms with Crippen LogP contribution in [0.25, 0.3) is 11.0 Å². The molecule has 3 rings (SSSR count). The van der Waals surface area contributed by atoms with Crippen LogP contribution >= 0.6 is 0 Å². The van der Waals surface area contributed by atoms with Crippen LogP contribution in [0.4, 0.5) is 11.5 Å². The van der Waals surface area contributed by atoms with Crippen LogP contribution in [0.3, 0.4) is 0 Å². The van der Waals surface area contributed by atoms with Crippen LogP contribution in [0.1, 0.15) is 6.42 Å². The minimum absolute atomic E-state index is 0.0257. The topological polar surface area (TPSA) is 98.2 Å². The summed E-state index contributed by atoms with van der Waals surface area (Å²) in [7, 11) is 0. The molecule has 1 saturated heterocycles. The third-order valence-electron chi connectivity index (χ3n) is 3.27. The Labute approximate surface area is 109 Å². The van der Waals surface area contributed by atoms with Crippen LogP contribution in [-0.2, 0) is 0 Å². The van der Waals surface area contributed by atoms with Crippen molar-refractivity contribution in [3.05, 3.63) is 34.5 Å². The summed E-state index contributed by atoms with van der Waals surface area (Å²) in [5.74, 6) is 0.773. The molecule has 0 unspecified atom stereocenters. The first-order valence-corrected chi connectivity index (χ1v) is 6.05. The molecule has 2 N–H and O–H groups in total. The molecule has 1 aliphatic rings. The third-order valence-corrected chi connectivity index (χ3v) is 3.27. The van der Waals surface area contributed by atoms with E-state index < -0.39 is 4.92 Å². The molecule has 0 bridgehead atoms. The number of fused-ring (bicyclic) bond motifs is 1. The highest BCUT2D eigenvalue weighted by Gasteiger charge is 2.20. The van der Waals surface area contributed by atoms with E-state index in [2.05, 4.69) is 14.9 Å². The minimum Gasteiger partial charge on any atom is -0.354 e. The highest BCUT2D eigenvalue weighted by molar-refractivity contribution is 5.78. The Morgan fingerprint density at radius 3 is 2.95 bits per heavy atom. The summed E-state index contributed by atoms with van der Waals surface area (Å²) < 4.78 is 0. The molecular weight excluding hydrogens is 246 g/mol. The van der Waals surface area contributed by atoms with Crippen LogP contribution < -0.4 is 10.6 Å². The second-order valence-corrected chi connectivity index (χ2v) is 4.65. The summed E-state index contributed by atoms with van der Waals surface area (Å²) in [5, 5.41) is 10.7. The van der Waals surface area contributed by atoms with Crippen molar-refractivity contribution < 1.29 is 4.92 Å². The molecule has 0 spiro atoms. The smallest absolute Gasteiger partial charge is 0.271 e. The first-order chi connectivity index (χ1) is 9.13. The molecule has 1 fully saturated rings. The lowest BCUT2D eigenvalue weighted by Gasteiger charge is -2.16. The fraction of sp³-hybridized carbons (Fsp3) is 0.333. The van der Waals surface area contributed by atoms with Gasteiger partial charge in [0.1, 0.15) is 5.82 Å².